The summed E-state index contributed by atoms with van der Waals surface area (Å²) < 4.78 is 38.8. The van der Waals surface area contributed by atoms with E-state index in [0.717, 1.165) is 30.5 Å². The van der Waals surface area contributed by atoms with Gasteiger partial charge in [0, 0.05) is 24.5 Å². The van der Waals surface area contributed by atoms with E-state index in [2.05, 4.69) is 29.4 Å². The van der Waals surface area contributed by atoms with Gasteiger partial charge in [0.25, 0.3) is 0 Å². The van der Waals surface area contributed by atoms with Crippen LogP contribution in [0.3, 0.4) is 0 Å². The van der Waals surface area contributed by atoms with Gasteiger partial charge >= 0.3 is 6.18 Å². The Morgan fingerprint density at radius 3 is 2.19 bits per heavy atom. The van der Waals surface area contributed by atoms with E-state index in [-0.39, 0.29) is 12.2 Å². The van der Waals surface area contributed by atoms with Crippen molar-refractivity contribution in [3.63, 3.8) is 0 Å². The van der Waals surface area contributed by atoms with Crippen LogP contribution in [0, 0.1) is 0 Å². The lowest BCUT2D eigenvalue weighted by molar-refractivity contribution is -0.137. The van der Waals surface area contributed by atoms with Gasteiger partial charge in [-0.2, -0.15) is 13.2 Å². The Morgan fingerprint density at radius 1 is 1.00 bits per heavy atom. The Hall–Kier alpha value is -2.70. The van der Waals surface area contributed by atoms with Crippen molar-refractivity contribution >= 4 is 23.0 Å². The molecule has 0 spiro atoms. The highest BCUT2D eigenvalue weighted by molar-refractivity contribution is 5.94. The zero-order valence-electron chi connectivity index (χ0n) is 14.7. The fourth-order valence-electron chi connectivity index (χ4n) is 2.59. The van der Waals surface area contributed by atoms with Gasteiger partial charge in [0.1, 0.15) is 0 Å². The zero-order valence-corrected chi connectivity index (χ0v) is 14.7. The number of amides is 1. The smallest absolute Gasteiger partial charge is 0.376 e. The molecule has 1 amide bonds. The second-order valence-corrected chi connectivity index (χ2v) is 5.66. The number of halogens is 3. The number of para-hydroxylation sites is 1. The quantitative estimate of drug-likeness (QED) is 0.754. The molecule has 0 fully saturated rings. The molecular weight excluding hydrogens is 343 g/mol. The van der Waals surface area contributed by atoms with Gasteiger partial charge in [0.15, 0.2) is 0 Å². The van der Waals surface area contributed by atoms with Gasteiger partial charge in [0.2, 0.25) is 5.91 Å². The molecule has 0 aliphatic rings. The summed E-state index contributed by atoms with van der Waals surface area (Å²) in [5, 5.41) is 5.22. The molecule has 0 radical (unpaired) electrons. The third-order valence-electron chi connectivity index (χ3n) is 3.96. The lowest BCUT2D eigenvalue weighted by atomic mass is 10.1. The molecule has 7 heteroatoms. The minimum atomic E-state index is -4.52. The van der Waals surface area contributed by atoms with Crippen molar-refractivity contribution in [2.45, 2.75) is 20.0 Å². The van der Waals surface area contributed by atoms with Crippen molar-refractivity contribution in [3.05, 3.63) is 54.1 Å². The molecule has 2 rings (SSSR count). The van der Waals surface area contributed by atoms with Crippen LogP contribution in [0.15, 0.2) is 48.5 Å². The van der Waals surface area contributed by atoms with Gasteiger partial charge in [-0.3, -0.25) is 4.79 Å². The summed E-state index contributed by atoms with van der Waals surface area (Å²) in [5.41, 5.74) is 0.685. The Labute approximate surface area is 151 Å². The standard InChI is InChI=1S/C19H22F3N3O/c1-3-25(4-2)15-11-9-14(10-12-15)23-13-18(26)24-17-8-6-5-7-16(17)19(20,21)22/h5-12,23H,3-4,13H2,1-2H3,(H,24,26). The second-order valence-electron chi connectivity index (χ2n) is 5.66. The summed E-state index contributed by atoms with van der Waals surface area (Å²) in [6, 6.07) is 12.5. The molecule has 2 aromatic rings. The van der Waals surface area contributed by atoms with Gasteiger partial charge in [-0.15, -0.1) is 0 Å². The minimum absolute atomic E-state index is 0.128. The zero-order chi connectivity index (χ0) is 19.2. The highest BCUT2D eigenvalue weighted by atomic mass is 19.4. The first-order valence-electron chi connectivity index (χ1n) is 8.40. The number of alkyl halides is 3. The van der Waals surface area contributed by atoms with Crippen LogP contribution in [0.2, 0.25) is 0 Å². The minimum Gasteiger partial charge on any atom is -0.376 e. The Bertz CT molecular complexity index is 726. The van der Waals surface area contributed by atoms with Crippen molar-refractivity contribution in [1.29, 1.82) is 0 Å². The van der Waals surface area contributed by atoms with Crippen LogP contribution >= 0.6 is 0 Å². The third kappa shape index (κ3) is 5.15. The summed E-state index contributed by atoms with van der Waals surface area (Å²) in [7, 11) is 0. The Balaban J connectivity index is 1.96. The maximum absolute atomic E-state index is 12.9. The molecule has 0 aliphatic heterocycles. The van der Waals surface area contributed by atoms with Crippen molar-refractivity contribution in [2.24, 2.45) is 0 Å². The van der Waals surface area contributed by atoms with E-state index in [1.165, 1.54) is 18.2 Å². The fourth-order valence-corrected chi connectivity index (χ4v) is 2.59. The average Bonchev–Trinajstić information content (AvgIpc) is 2.61. The normalized spacial score (nSPS) is 11.1. The van der Waals surface area contributed by atoms with E-state index in [4.69, 9.17) is 0 Å². The number of anilines is 3. The molecule has 2 N–H and O–H groups in total. The molecule has 0 saturated heterocycles. The van der Waals surface area contributed by atoms with E-state index < -0.39 is 17.6 Å². The molecule has 0 heterocycles. The van der Waals surface area contributed by atoms with E-state index in [1.54, 1.807) is 0 Å². The van der Waals surface area contributed by atoms with Crippen LogP contribution in [0.1, 0.15) is 19.4 Å². The van der Waals surface area contributed by atoms with Crippen LogP contribution in [0.5, 0.6) is 0 Å². The topological polar surface area (TPSA) is 44.4 Å². The predicted octanol–water partition coefficient (Wildman–Crippen LogP) is 4.60. The van der Waals surface area contributed by atoms with Crippen LogP contribution in [0.4, 0.5) is 30.2 Å². The van der Waals surface area contributed by atoms with E-state index in [1.807, 2.05) is 24.3 Å². The van der Waals surface area contributed by atoms with Crippen LogP contribution in [0.25, 0.3) is 0 Å². The lowest BCUT2D eigenvalue weighted by Gasteiger charge is -2.21. The largest absolute Gasteiger partial charge is 0.418 e. The van der Waals surface area contributed by atoms with Gasteiger partial charge in [-0.25, -0.2) is 0 Å². The fraction of sp³-hybridized carbons (Fsp3) is 0.316. The summed E-state index contributed by atoms with van der Waals surface area (Å²) in [4.78, 5) is 14.2. The highest BCUT2D eigenvalue weighted by Gasteiger charge is 2.33. The first-order valence-corrected chi connectivity index (χ1v) is 8.40. The first-order chi connectivity index (χ1) is 12.3. The van der Waals surface area contributed by atoms with E-state index in [9.17, 15) is 18.0 Å². The van der Waals surface area contributed by atoms with Gasteiger partial charge < -0.3 is 15.5 Å². The van der Waals surface area contributed by atoms with Gasteiger partial charge in [-0.1, -0.05) is 12.1 Å². The number of hydrogen-bond acceptors (Lipinski definition) is 3. The average molecular weight is 365 g/mol. The molecular formula is C19H22F3N3O. The molecule has 140 valence electrons. The van der Waals surface area contributed by atoms with E-state index in [0.29, 0.717) is 0 Å². The maximum atomic E-state index is 12.9. The van der Waals surface area contributed by atoms with Crippen molar-refractivity contribution in [1.82, 2.24) is 0 Å². The number of nitrogens with one attached hydrogen (secondary N) is 2. The summed E-state index contributed by atoms with van der Waals surface area (Å²) in [5.74, 6) is -0.547. The number of carbonyl (C=O) groups is 1. The molecule has 0 aliphatic carbocycles. The number of benzene rings is 2. The number of hydrogen-bond donors (Lipinski definition) is 2. The van der Waals surface area contributed by atoms with Gasteiger partial charge in [-0.05, 0) is 50.2 Å². The van der Waals surface area contributed by atoms with Crippen molar-refractivity contribution in [2.75, 3.05) is 35.2 Å². The molecule has 26 heavy (non-hydrogen) atoms. The molecule has 0 aromatic heterocycles. The first kappa shape index (κ1) is 19.6. The van der Waals surface area contributed by atoms with E-state index >= 15 is 0 Å². The number of nitrogens with zero attached hydrogens (tertiary/aromatic N) is 1. The van der Waals surface area contributed by atoms with Gasteiger partial charge in [0.05, 0.1) is 17.8 Å². The molecule has 0 saturated carbocycles. The molecule has 0 atom stereocenters. The Kier molecular flexibility index (Phi) is 6.49. The lowest BCUT2D eigenvalue weighted by Crippen LogP contribution is -2.24. The maximum Gasteiger partial charge on any atom is 0.418 e. The van der Waals surface area contributed by atoms with Crippen molar-refractivity contribution < 1.29 is 18.0 Å². The monoisotopic (exact) mass is 365 g/mol. The van der Waals surface area contributed by atoms with Crippen LogP contribution in [-0.4, -0.2) is 25.5 Å². The van der Waals surface area contributed by atoms with Crippen molar-refractivity contribution in [3.8, 4) is 0 Å². The number of rotatable bonds is 7. The van der Waals surface area contributed by atoms with Crippen LogP contribution < -0.4 is 15.5 Å². The predicted molar refractivity (Wildman–Crippen MR) is 98.6 cm³/mol. The van der Waals surface area contributed by atoms with Crippen LogP contribution in [-0.2, 0) is 11.0 Å². The third-order valence-corrected chi connectivity index (χ3v) is 3.96. The number of carbonyl (C=O) groups excluding carboxylic acids is 1. The summed E-state index contributed by atoms with van der Waals surface area (Å²) >= 11 is 0. The summed E-state index contributed by atoms with van der Waals surface area (Å²) in [6.45, 7) is 5.79. The highest BCUT2D eigenvalue weighted by Crippen LogP contribution is 2.34. The molecule has 0 unspecified atom stereocenters. The second kappa shape index (κ2) is 8.60. The summed E-state index contributed by atoms with van der Waals surface area (Å²) in [6.07, 6.45) is -4.52. The molecule has 4 nitrogen and oxygen atoms in total. The molecule has 0 bridgehead atoms. The Morgan fingerprint density at radius 2 is 1.62 bits per heavy atom. The SMILES string of the molecule is CCN(CC)c1ccc(NCC(=O)Nc2ccccc2C(F)(F)F)cc1. The molecule has 2 aromatic carbocycles.